The molecule has 3 heterocycles. The number of likely N-dealkylation sites (tertiary alicyclic amines) is 1. The van der Waals surface area contributed by atoms with Gasteiger partial charge in [-0.2, -0.15) is 0 Å². The van der Waals surface area contributed by atoms with Crippen molar-refractivity contribution in [3.63, 3.8) is 0 Å². The lowest BCUT2D eigenvalue weighted by Gasteiger charge is -2.17. The number of carbonyl (C=O) groups excluding carboxylic acids is 2. The van der Waals surface area contributed by atoms with Gasteiger partial charge in [0.05, 0.1) is 0 Å². The number of hydrogen-bond donors (Lipinski definition) is 2. The maximum atomic E-state index is 13.2. The molecule has 0 spiro atoms. The maximum Gasteiger partial charge on any atom is 0.357 e. The number of ether oxygens (including phenoxy) is 2. The zero-order valence-corrected chi connectivity index (χ0v) is 23.1. The Morgan fingerprint density at radius 2 is 1.85 bits per heavy atom. The first kappa shape index (κ1) is 26.7. The van der Waals surface area contributed by atoms with Crippen molar-refractivity contribution in [2.75, 3.05) is 11.9 Å². The molecule has 2 aromatic heterocycles. The molecule has 2 N–H and O–H groups in total. The number of halogens is 1. The number of aromatic carboxylic acids is 1. The van der Waals surface area contributed by atoms with Gasteiger partial charge in [-0.1, -0.05) is 22.9 Å². The van der Waals surface area contributed by atoms with Gasteiger partial charge in [-0.05, 0) is 49.2 Å². The minimum Gasteiger partial charge on any atom is -0.480 e. The topological polar surface area (TPSA) is 157 Å². The van der Waals surface area contributed by atoms with Crippen LogP contribution in [0.15, 0.2) is 46.9 Å². The van der Waals surface area contributed by atoms with Gasteiger partial charge in [0, 0.05) is 43.1 Å². The second kappa shape index (κ2) is 10.8. The Bertz CT molecular complexity index is 1650. The molecule has 1 unspecified atom stereocenters. The SMILES string of the molecule is Cc1nnc(-c2ccc(Oc3cc(OC4CCN(C5CC5)C4=O)cc(C(=O)Nc4nc(C(=O)O)c(Cl)s4)c3)cc2)o1. The molecule has 41 heavy (non-hydrogen) atoms. The molecule has 4 aromatic rings. The van der Waals surface area contributed by atoms with E-state index < -0.39 is 18.0 Å². The van der Waals surface area contributed by atoms with Crippen molar-refractivity contribution in [1.29, 1.82) is 0 Å². The third kappa shape index (κ3) is 5.86. The summed E-state index contributed by atoms with van der Waals surface area (Å²) in [7, 11) is 0. The van der Waals surface area contributed by atoms with Gasteiger partial charge >= 0.3 is 5.97 Å². The Kier molecular flexibility index (Phi) is 7.05. The number of hydrogen-bond acceptors (Lipinski definition) is 10. The van der Waals surface area contributed by atoms with Gasteiger partial charge in [-0.15, -0.1) is 10.2 Å². The normalized spacial score (nSPS) is 16.6. The predicted octanol–water partition coefficient (Wildman–Crippen LogP) is 5.04. The molecule has 0 bridgehead atoms. The Balaban J connectivity index is 1.25. The average Bonchev–Trinajstić information content (AvgIpc) is 3.42. The highest BCUT2D eigenvalue weighted by molar-refractivity contribution is 7.20. The summed E-state index contributed by atoms with van der Waals surface area (Å²) in [5, 5.41) is 19.6. The number of thiazole rings is 1. The molecule has 2 aliphatic rings. The van der Waals surface area contributed by atoms with Crippen LogP contribution in [0.2, 0.25) is 4.34 Å². The van der Waals surface area contributed by atoms with Crippen molar-refractivity contribution < 1.29 is 33.4 Å². The number of amides is 2. The minimum atomic E-state index is -1.31. The summed E-state index contributed by atoms with van der Waals surface area (Å²) >= 11 is 6.77. The van der Waals surface area contributed by atoms with Crippen molar-refractivity contribution >= 4 is 45.9 Å². The van der Waals surface area contributed by atoms with Gasteiger partial charge in [-0.3, -0.25) is 14.9 Å². The summed E-state index contributed by atoms with van der Waals surface area (Å²) in [6.07, 6.45) is 1.87. The van der Waals surface area contributed by atoms with Crippen LogP contribution < -0.4 is 14.8 Å². The van der Waals surface area contributed by atoms with Gasteiger partial charge in [0.15, 0.2) is 16.9 Å². The van der Waals surface area contributed by atoms with Crippen molar-refractivity contribution in [2.24, 2.45) is 0 Å². The van der Waals surface area contributed by atoms with E-state index in [1.54, 1.807) is 37.3 Å². The highest BCUT2D eigenvalue weighted by Gasteiger charge is 2.41. The van der Waals surface area contributed by atoms with E-state index in [9.17, 15) is 19.5 Å². The van der Waals surface area contributed by atoms with Crippen LogP contribution in [0.5, 0.6) is 17.2 Å². The number of anilines is 1. The van der Waals surface area contributed by atoms with Crippen molar-refractivity contribution in [3.8, 4) is 28.7 Å². The van der Waals surface area contributed by atoms with Crippen LogP contribution in [0.1, 0.15) is 46.0 Å². The lowest BCUT2D eigenvalue weighted by Crippen LogP contribution is -2.33. The quantitative estimate of drug-likeness (QED) is 0.268. The molecular formula is C27H22ClN5O7S. The number of rotatable bonds is 9. The Hall–Kier alpha value is -4.49. The van der Waals surface area contributed by atoms with E-state index >= 15 is 0 Å². The standard InChI is InChI=1S/C27H22ClN5O7S/c1-13-31-32-24(38-13)14-2-6-17(7-3-14)39-18-10-15(23(34)30-27-29-21(26(36)37)22(28)41-27)11-19(12-18)40-20-8-9-33(25(20)35)16-4-5-16/h2-3,6-7,10-12,16,20H,4-5,8-9H2,1H3,(H,36,37)(H,29,30,34). The number of nitrogens with one attached hydrogen (secondary N) is 1. The first-order chi connectivity index (χ1) is 19.7. The molecule has 1 atom stereocenters. The summed E-state index contributed by atoms with van der Waals surface area (Å²) in [5.41, 5.74) is 0.494. The van der Waals surface area contributed by atoms with E-state index in [0.29, 0.717) is 36.1 Å². The minimum absolute atomic E-state index is 0.0177. The zero-order valence-electron chi connectivity index (χ0n) is 21.5. The highest BCUT2D eigenvalue weighted by atomic mass is 35.5. The second-order valence-corrected chi connectivity index (χ2v) is 11.1. The smallest absolute Gasteiger partial charge is 0.357 e. The summed E-state index contributed by atoms with van der Waals surface area (Å²) < 4.78 is 17.5. The third-order valence-corrected chi connectivity index (χ3v) is 7.64. The fourth-order valence-electron chi connectivity index (χ4n) is 4.40. The maximum absolute atomic E-state index is 13.2. The number of aryl methyl sites for hydroxylation is 1. The molecule has 0 radical (unpaired) electrons. The van der Waals surface area contributed by atoms with Crippen LogP contribution >= 0.6 is 22.9 Å². The lowest BCUT2D eigenvalue weighted by atomic mass is 10.1. The van der Waals surface area contributed by atoms with Crippen LogP contribution in [-0.4, -0.2) is 61.7 Å². The van der Waals surface area contributed by atoms with E-state index in [0.717, 1.165) is 24.2 Å². The molecule has 6 rings (SSSR count). The fourth-order valence-corrected chi connectivity index (χ4v) is 5.42. The molecule has 1 saturated heterocycles. The zero-order chi connectivity index (χ0) is 28.7. The van der Waals surface area contributed by atoms with E-state index in [2.05, 4.69) is 20.5 Å². The van der Waals surface area contributed by atoms with Crippen molar-refractivity contribution in [3.05, 3.63) is 63.9 Å². The van der Waals surface area contributed by atoms with Gasteiger partial charge < -0.3 is 23.9 Å². The van der Waals surface area contributed by atoms with Gasteiger partial charge in [0.1, 0.15) is 21.6 Å². The highest BCUT2D eigenvalue weighted by Crippen LogP contribution is 2.35. The van der Waals surface area contributed by atoms with E-state index in [-0.39, 0.29) is 44.2 Å². The summed E-state index contributed by atoms with van der Waals surface area (Å²) in [6, 6.07) is 11.8. The fraction of sp³-hybridized carbons (Fsp3) is 0.259. The monoisotopic (exact) mass is 595 g/mol. The van der Waals surface area contributed by atoms with Crippen LogP contribution in [-0.2, 0) is 4.79 Å². The molecular weight excluding hydrogens is 574 g/mol. The first-order valence-electron chi connectivity index (χ1n) is 12.6. The molecule has 2 fully saturated rings. The molecule has 2 aromatic carbocycles. The van der Waals surface area contributed by atoms with Gasteiger partial charge in [0.25, 0.3) is 11.8 Å². The third-order valence-electron chi connectivity index (χ3n) is 6.47. The van der Waals surface area contributed by atoms with Gasteiger partial charge in [0.2, 0.25) is 11.8 Å². The first-order valence-corrected chi connectivity index (χ1v) is 13.8. The van der Waals surface area contributed by atoms with E-state index in [1.807, 2.05) is 4.90 Å². The number of aromatic nitrogens is 3. The molecule has 14 heteroatoms. The second-order valence-electron chi connectivity index (χ2n) is 9.50. The number of carboxylic acid groups (broad SMARTS) is 1. The number of carboxylic acids is 1. The van der Waals surface area contributed by atoms with Crippen molar-refractivity contribution in [2.45, 2.75) is 38.3 Å². The number of carbonyl (C=O) groups is 3. The van der Waals surface area contributed by atoms with Crippen LogP contribution in [0.4, 0.5) is 5.13 Å². The molecule has 2 amide bonds. The van der Waals surface area contributed by atoms with Crippen LogP contribution in [0, 0.1) is 6.92 Å². The molecule has 210 valence electrons. The summed E-state index contributed by atoms with van der Waals surface area (Å²) in [4.78, 5) is 43.0. The Morgan fingerprint density at radius 1 is 1.10 bits per heavy atom. The van der Waals surface area contributed by atoms with E-state index in [1.165, 1.54) is 12.1 Å². The molecule has 1 aliphatic heterocycles. The molecule has 1 saturated carbocycles. The average molecular weight is 596 g/mol. The molecule has 1 aliphatic carbocycles. The summed E-state index contributed by atoms with van der Waals surface area (Å²) in [5.74, 6) is -0.145. The number of benzene rings is 2. The van der Waals surface area contributed by atoms with Crippen LogP contribution in [0.3, 0.4) is 0 Å². The predicted molar refractivity (Wildman–Crippen MR) is 147 cm³/mol. The van der Waals surface area contributed by atoms with Gasteiger partial charge in [-0.25, -0.2) is 9.78 Å². The number of nitrogens with zero attached hydrogens (tertiary/aromatic N) is 4. The Labute approximate surface area is 241 Å². The summed E-state index contributed by atoms with van der Waals surface area (Å²) in [6.45, 7) is 2.33. The lowest BCUT2D eigenvalue weighted by molar-refractivity contribution is -0.133. The van der Waals surface area contributed by atoms with E-state index in [4.69, 9.17) is 25.5 Å². The molecule has 12 nitrogen and oxygen atoms in total. The van der Waals surface area contributed by atoms with Crippen LogP contribution in [0.25, 0.3) is 11.5 Å². The Morgan fingerprint density at radius 3 is 2.51 bits per heavy atom. The van der Waals surface area contributed by atoms with Crippen molar-refractivity contribution in [1.82, 2.24) is 20.1 Å². The largest absolute Gasteiger partial charge is 0.480 e.